The van der Waals surface area contributed by atoms with Crippen molar-refractivity contribution in [1.82, 2.24) is 9.88 Å². The van der Waals surface area contributed by atoms with Gasteiger partial charge in [0.1, 0.15) is 16.9 Å². The number of likely N-dealkylation sites (tertiary alicyclic amines) is 1. The van der Waals surface area contributed by atoms with Crippen LogP contribution in [0.4, 0.5) is 0 Å². The molecule has 29 heavy (non-hydrogen) atoms. The molecule has 2 aromatic carbocycles. The largest absolute Gasteiger partial charge is 0.456 e. The first kappa shape index (κ1) is 17.6. The molecule has 6 nitrogen and oxygen atoms in total. The third-order valence-corrected chi connectivity index (χ3v) is 5.48. The van der Waals surface area contributed by atoms with Gasteiger partial charge < -0.3 is 19.3 Å². The van der Waals surface area contributed by atoms with Crippen LogP contribution in [0.5, 0.6) is 11.6 Å². The molecule has 0 radical (unpaired) electrons. The molecule has 1 atom stereocenters. The van der Waals surface area contributed by atoms with Gasteiger partial charge in [0.15, 0.2) is 5.84 Å². The minimum Gasteiger partial charge on any atom is -0.456 e. The molecule has 0 aliphatic carbocycles. The zero-order valence-corrected chi connectivity index (χ0v) is 16.1. The predicted molar refractivity (Wildman–Crippen MR) is 112 cm³/mol. The monoisotopic (exact) mass is 387 g/mol. The van der Waals surface area contributed by atoms with Crippen LogP contribution in [0.2, 0.25) is 0 Å². The molecule has 1 N–H and O–H groups in total. The SMILES string of the molecule is CC1CCCN1/C(=N\O)c1ccc(Oc2ccc3oc4ccccc4c3c2)nc1. The number of pyridine rings is 1. The van der Waals surface area contributed by atoms with Crippen molar-refractivity contribution in [3.63, 3.8) is 0 Å². The van der Waals surface area contributed by atoms with Gasteiger partial charge in [-0.25, -0.2) is 4.98 Å². The highest BCUT2D eigenvalue weighted by atomic mass is 16.5. The molecule has 5 rings (SSSR count). The summed E-state index contributed by atoms with van der Waals surface area (Å²) in [6.07, 6.45) is 3.88. The summed E-state index contributed by atoms with van der Waals surface area (Å²) >= 11 is 0. The number of oxime groups is 1. The van der Waals surface area contributed by atoms with E-state index in [2.05, 4.69) is 22.0 Å². The van der Waals surface area contributed by atoms with Crippen molar-refractivity contribution in [2.45, 2.75) is 25.8 Å². The average Bonchev–Trinajstić information content (AvgIpc) is 3.33. The quantitative estimate of drug-likeness (QED) is 0.221. The van der Waals surface area contributed by atoms with Crippen LogP contribution in [0, 0.1) is 0 Å². The second-order valence-corrected chi connectivity index (χ2v) is 7.35. The maximum atomic E-state index is 9.51. The van der Waals surface area contributed by atoms with Gasteiger partial charge in [-0.15, -0.1) is 0 Å². The van der Waals surface area contributed by atoms with Crippen molar-refractivity contribution in [2.24, 2.45) is 5.16 Å². The Kier molecular flexibility index (Phi) is 4.31. The van der Waals surface area contributed by atoms with E-state index in [0.29, 0.717) is 23.5 Å². The van der Waals surface area contributed by atoms with Crippen molar-refractivity contribution < 1.29 is 14.4 Å². The molecule has 6 heteroatoms. The number of nitrogens with zero attached hydrogens (tertiary/aromatic N) is 3. The smallest absolute Gasteiger partial charge is 0.219 e. The first-order valence-corrected chi connectivity index (χ1v) is 9.77. The van der Waals surface area contributed by atoms with Crippen molar-refractivity contribution in [1.29, 1.82) is 0 Å². The number of aromatic nitrogens is 1. The molecule has 1 aliphatic heterocycles. The molecule has 1 aliphatic rings. The molecular formula is C23H21N3O3. The van der Waals surface area contributed by atoms with Gasteiger partial charge in [0, 0.05) is 41.2 Å². The third kappa shape index (κ3) is 3.16. The van der Waals surface area contributed by atoms with E-state index in [1.54, 1.807) is 12.3 Å². The van der Waals surface area contributed by atoms with Crippen LogP contribution in [-0.4, -0.2) is 33.5 Å². The molecule has 0 saturated carbocycles. The summed E-state index contributed by atoms with van der Waals surface area (Å²) in [5, 5.41) is 15.1. The van der Waals surface area contributed by atoms with Crippen LogP contribution >= 0.6 is 0 Å². The minimum atomic E-state index is 0.355. The summed E-state index contributed by atoms with van der Waals surface area (Å²) in [7, 11) is 0. The van der Waals surface area contributed by atoms with Crippen LogP contribution in [0.3, 0.4) is 0 Å². The Labute approximate surface area is 168 Å². The lowest BCUT2D eigenvalue weighted by Gasteiger charge is -2.24. The van der Waals surface area contributed by atoms with Crippen LogP contribution in [0.15, 0.2) is 70.4 Å². The molecule has 3 heterocycles. The molecule has 1 fully saturated rings. The lowest BCUT2D eigenvalue weighted by molar-refractivity contribution is 0.298. The van der Waals surface area contributed by atoms with Crippen molar-refractivity contribution in [2.75, 3.05) is 6.54 Å². The van der Waals surface area contributed by atoms with Gasteiger partial charge in [-0.3, -0.25) is 0 Å². The summed E-state index contributed by atoms with van der Waals surface area (Å²) in [4.78, 5) is 6.51. The van der Waals surface area contributed by atoms with Gasteiger partial charge in [0.2, 0.25) is 5.88 Å². The molecule has 1 unspecified atom stereocenters. The lowest BCUT2D eigenvalue weighted by Crippen LogP contribution is -2.34. The number of hydrogen-bond donors (Lipinski definition) is 1. The highest BCUT2D eigenvalue weighted by Crippen LogP contribution is 2.32. The van der Waals surface area contributed by atoms with Gasteiger partial charge in [-0.2, -0.15) is 0 Å². The zero-order valence-electron chi connectivity index (χ0n) is 16.1. The molecule has 0 bridgehead atoms. The molecule has 146 valence electrons. The van der Waals surface area contributed by atoms with Crippen LogP contribution in [-0.2, 0) is 0 Å². The van der Waals surface area contributed by atoms with Crippen LogP contribution in [0.25, 0.3) is 21.9 Å². The van der Waals surface area contributed by atoms with E-state index in [-0.39, 0.29) is 0 Å². The van der Waals surface area contributed by atoms with Gasteiger partial charge in [-0.1, -0.05) is 23.4 Å². The highest BCUT2D eigenvalue weighted by Gasteiger charge is 2.25. The lowest BCUT2D eigenvalue weighted by atomic mass is 10.1. The number of furan rings is 1. The number of hydrogen-bond acceptors (Lipinski definition) is 5. The molecule has 2 aromatic heterocycles. The van der Waals surface area contributed by atoms with Crippen molar-refractivity contribution >= 4 is 27.8 Å². The Morgan fingerprint density at radius 3 is 2.76 bits per heavy atom. The molecule has 4 aromatic rings. The Bertz CT molecular complexity index is 1200. The van der Waals surface area contributed by atoms with Crippen molar-refractivity contribution in [3.8, 4) is 11.6 Å². The molecular weight excluding hydrogens is 366 g/mol. The van der Waals surface area contributed by atoms with Gasteiger partial charge in [0.25, 0.3) is 0 Å². The van der Waals surface area contributed by atoms with E-state index in [4.69, 9.17) is 9.15 Å². The van der Waals surface area contributed by atoms with Crippen molar-refractivity contribution in [3.05, 3.63) is 66.4 Å². The zero-order chi connectivity index (χ0) is 19.8. The second-order valence-electron chi connectivity index (χ2n) is 7.35. The normalized spacial score (nSPS) is 17.3. The maximum absolute atomic E-state index is 9.51. The van der Waals surface area contributed by atoms with Crippen LogP contribution < -0.4 is 4.74 Å². The summed E-state index contributed by atoms with van der Waals surface area (Å²) < 4.78 is 11.8. The standard InChI is InChI=1S/C23H21N3O3/c1-15-5-4-12-26(15)23(25-27)16-8-11-22(24-14-16)28-17-9-10-21-19(13-17)18-6-2-3-7-20(18)29-21/h2-3,6-11,13-15,27H,4-5,12H2,1H3/b25-23-. The number of ether oxygens (including phenoxy) is 1. The van der Waals surface area contributed by atoms with E-state index in [0.717, 1.165) is 46.9 Å². The summed E-state index contributed by atoms with van der Waals surface area (Å²) in [6, 6.07) is 17.7. The number of amidine groups is 1. The van der Waals surface area contributed by atoms with Gasteiger partial charge >= 0.3 is 0 Å². The van der Waals surface area contributed by atoms with E-state index < -0.39 is 0 Å². The fourth-order valence-electron chi connectivity index (χ4n) is 3.99. The van der Waals surface area contributed by atoms with E-state index in [9.17, 15) is 5.21 Å². The van der Waals surface area contributed by atoms with Crippen LogP contribution in [0.1, 0.15) is 25.3 Å². The number of para-hydroxylation sites is 1. The van der Waals surface area contributed by atoms with Gasteiger partial charge in [-0.05, 0) is 50.1 Å². The van der Waals surface area contributed by atoms with E-state index >= 15 is 0 Å². The topological polar surface area (TPSA) is 71.1 Å². The maximum Gasteiger partial charge on any atom is 0.219 e. The number of fused-ring (bicyclic) bond motifs is 3. The Hall–Kier alpha value is -3.54. The minimum absolute atomic E-state index is 0.355. The summed E-state index contributed by atoms with van der Waals surface area (Å²) in [5.74, 6) is 1.72. The van der Waals surface area contributed by atoms with E-state index in [1.165, 1.54) is 0 Å². The highest BCUT2D eigenvalue weighted by molar-refractivity contribution is 6.05. The predicted octanol–water partition coefficient (Wildman–Crippen LogP) is 5.39. The summed E-state index contributed by atoms with van der Waals surface area (Å²) in [5.41, 5.74) is 2.45. The first-order valence-electron chi connectivity index (χ1n) is 9.77. The molecule has 1 saturated heterocycles. The third-order valence-electron chi connectivity index (χ3n) is 5.48. The van der Waals surface area contributed by atoms with Gasteiger partial charge in [0.05, 0.1) is 0 Å². The Morgan fingerprint density at radius 2 is 2.00 bits per heavy atom. The number of rotatable bonds is 3. The Morgan fingerprint density at radius 1 is 1.14 bits per heavy atom. The number of benzene rings is 2. The van der Waals surface area contributed by atoms with E-state index in [1.807, 2.05) is 48.5 Å². The summed E-state index contributed by atoms with van der Waals surface area (Å²) in [6.45, 7) is 3.02. The molecule has 0 amide bonds. The average molecular weight is 387 g/mol. The Balaban J connectivity index is 1.40. The fraction of sp³-hybridized carbons (Fsp3) is 0.217. The molecule has 0 spiro atoms. The first-order chi connectivity index (χ1) is 14.2. The second kappa shape index (κ2) is 7.13. The fourth-order valence-corrected chi connectivity index (χ4v) is 3.99.